The number of hydrogen-bond donors (Lipinski definition) is 1. The van der Waals surface area contributed by atoms with E-state index in [2.05, 4.69) is 27.1 Å². The second-order valence-corrected chi connectivity index (χ2v) is 7.24. The number of hydrogen-bond acceptors (Lipinski definition) is 5. The van der Waals surface area contributed by atoms with Gasteiger partial charge in [0.2, 0.25) is 0 Å². The number of amides is 1. The molecule has 1 amide bonds. The Hall–Kier alpha value is -3.13. The van der Waals surface area contributed by atoms with E-state index in [1.54, 1.807) is 47.8 Å². The minimum absolute atomic E-state index is 0.0879. The van der Waals surface area contributed by atoms with Gasteiger partial charge in [0.1, 0.15) is 0 Å². The van der Waals surface area contributed by atoms with Crippen molar-refractivity contribution in [3.63, 3.8) is 0 Å². The molecule has 4 rings (SSSR count). The van der Waals surface area contributed by atoms with Gasteiger partial charge in [-0.1, -0.05) is 0 Å². The van der Waals surface area contributed by atoms with Gasteiger partial charge in [-0.3, -0.25) is 18.9 Å². The van der Waals surface area contributed by atoms with E-state index in [9.17, 15) is 9.59 Å². The van der Waals surface area contributed by atoms with Gasteiger partial charge < -0.3 is 15.1 Å². The zero-order valence-corrected chi connectivity index (χ0v) is 16.3. The van der Waals surface area contributed by atoms with E-state index in [-0.39, 0.29) is 11.6 Å². The van der Waals surface area contributed by atoms with Crippen molar-refractivity contribution in [1.82, 2.24) is 19.0 Å². The number of piperazine rings is 1. The number of carbonyl (C=O) groups excluding carboxylic acids is 1. The molecule has 2 aromatic heterocycles. The quantitative estimate of drug-likeness (QED) is 0.741. The second kappa shape index (κ2) is 7.12. The van der Waals surface area contributed by atoms with E-state index in [0.29, 0.717) is 11.3 Å². The summed E-state index contributed by atoms with van der Waals surface area (Å²) in [5.74, 6) is -0.219. The van der Waals surface area contributed by atoms with Gasteiger partial charge in [-0.15, -0.1) is 0 Å². The van der Waals surface area contributed by atoms with E-state index in [1.165, 1.54) is 0 Å². The number of benzene rings is 1. The molecule has 146 valence electrons. The minimum atomic E-state index is -0.219. The molecule has 0 unspecified atom stereocenters. The summed E-state index contributed by atoms with van der Waals surface area (Å²) in [5, 5.41) is 3.02. The van der Waals surface area contributed by atoms with E-state index in [4.69, 9.17) is 0 Å². The van der Waals surface area contributed by atoms with E-state index in [1.807, 2.05) is 12.1 Å². The molecule has 1 aliphatic heterocycles. The van der Waals surface area contributed by atoms with Gasteiger partial charge in [0.05, 0.1) is 28.0 Å². The number of likely N-dealkylation sites (N-methyl/N-ethyl adjacent to an activating group) is 1. The molecule has 3 heterocycles. The standard InChI is InChI=1S/C20H24N6O2/c1-23-7-9-26(10-8-23)16-12-18-17(24(2)20(28)25(18)3)11-15(16)22-19(27)14-5-4-6-21-13-14/h4-6,11-13H,7-10H2,1-3H3,(H,22,27). The molecule has 1 N–H and O–H groups in total. The summed E-state index contributed by atoms with van der Waals surface area (Å²) in [6.45, 7) is 3.61. The van der Waals surface area contributed by atoms with Gasteiger partial charge in [0.25, 0.3) is 5.91 Å². The van der Waals surface area contributed by atoms with Crippen molar-refractivity contribution >= 4 is 28.3 Å². The summed E-state index contributed by atoms with van der Waals surface area (Å²) in [6, 6.07) is 7.36. The third kappa shape index (κ3) is 3.16. The molecule has 0 spiro atoms. The smallest absolute Gasteiger partial charge is 0.328 e. The maximum atomic E-state index is 12.7. The van der Waals surface area contributed by atoms with Crippen LogP contribution in [-0.4, -0.2) is 58.2 Å². The van der Waals surface area contributed by atoms with Crippen molar-refractivity contribution < 1.29 is 4.79 Å². The Morgan fingerprint density at radius 2 is 1.71 bits per heavy atom. The number of rotatable bonds is 3. The van der Waals surface area contributed by atoms with E-state index >= 15 is 0 Å². The van der Waals surface area contributed by atoms with Crippen LogP contribution in [0.5, 0.6) is 0 Å². The first kappa shape index (κ1) is 18.2. The molecule has 0 bridgehead atoms. The van der Waals surface area contributed by atoms with Crippen LogP contribution >= 0.6 is 0 Å². The van der Waals surface area contributed by atoms with Gasteiger partial charge in [-0.2, -0.15) is 0 Å². The highest BCUT2D eigenvalue weighted by atomic mass is 16.2. The van der Waals surface area contributed by atoms with Crippen LogP contribution in [0.15, 0.2) is 41.5 Å². The van der Waals surface area contributed by atoms with Crippen molar-refractivity contribution in [3.05, 3.63) is 52.7 Å². The highest BCUT2D eigenvalue weighted by molar-refractivity contribution is 6.07. The third-order valence-electron chi connectivity index (χ3n) is 5.41. The lowest BCUT2D eigenvalue weighted by atomic mass is 10.1. The molecule has 0 saturated carbocycles. The Morgan fingerprint density at radius 1 is 1.04 bits per heavy atom. The third-order valence-corrected chi connectivity index (χ3v) is 5.41. The number of aryl methyl sites for hydroxylation is 2. The van der Waals surface area contributed by atoms with Crippen LogP contribution < -0.4 is 15.9 Å². The number of fused-ring (bicyclic) bond motifs is 1. The molecule has 0 aliphatic carbocycles. The normalized spacial score (nSPS) is 15.2. The lowest BCUT2D eigenvalue weighted by Crippen LogP contribution is -2.44. The Kier molecular flexibility index (Phi) is 4.64. The van der Waals surface area contributed by atoms with Crippen molar-refractivity contribution in [2.75, 3.05) is 43.4 Å². The summed E-state index contributed by atoms with van der Waals surface area (Å²) in [4.78, 5) is 33.7. The number of aromatic nitrogens is 3. The zero-order valence-electron chi connectivity index (χ0n) is 16.3. The van der Waals surface area contributed by atoms with Crippen LogP contribution in [0, 0.1) is 0 Å². The number of pyridine rings is 1. The highest BCUT2D eigenvalue weighted by Gasteiger charge is 2.21. The molecule has 8 heteroatoms. The number of nitrogens with zero attached hydrogens (tertiary/aromatic N) is 5. The molecular weight excluding hydrogens is 356 g/mol. The first-order valence-corrected chi connectivity index (χ1v) is 9.30. The molecule has 1 aliphatic rings. The lowest BCUT2D eigenvalue weighted by Gasteiger charge is -2.35. The maximum absolute atomic E-state index is 12.7. The predicted molar refractivity (Wildman–Crippen MR) is 110 cm³/mol. The van der Waals surface area contributed by atoms with Gasteiger partial charge in [0.15, 0.2) is 0 Å². The Balaban J connectivity index is 1.80. The van der Waals surface area contributed by atoms with Gasteiger partial charge in [-0.05, 0) is 31.3 Å². The fraction of sp³-hybridized carbons (Fsp3) is 0.350. The Bertz CT molecular complexity index is 1080. The monoisotopic (exact) mass is 380 g/mol. The topological polar surface area (TPSA) is 75.4 Å². The molecule has 1 fully saturated rings. The maximum Gasteiger partial charge on any atom is 0.328 e. The van der Waals surface area contributed by atoms with Gasteiger partial charge in [-0.25, -0.2) is 4.79 Å². The van der Waals surface area contributed by atoms with Crippen LogP contribution in [0.3, 0.4) is 0 Å². The SMILES string of the molecule is CN1CCN(c2cc3c(cc2NC(=O)c2cccnc2)n(C)c(=O)n3C)CC1. The summed E-state index contributed by atoms with van der Waals surface area (Å²) < 4.78 is 3.24. The van der Waals surface area contributed by atoms with Crippen LogP contribution in [0.25, 0.3) is 11.0 Å². The van der Waals surface area contributed by atoms with Gasteiger partial charge >= 0.3 is 5.69 Å². The van der Waals surface area contributed by atoms with Crippen molar-refractivity contribution in [2.24, 2.45) is 14.1 Å². The molecule has 0 atom stereocenters. The van der Waals surface area contributed by atoms with Crippen LogP contribution in [-0.2, 0) is 14.1 Å². The predicted octanol–water partition coefficient (Wildman–Crippen LogP) is 1.28. The molecule has 8 nitrogen and oxygen atoms in total. The van der Waals surface area contributed by atoms with Crippen LogP contribution in [0.4, 0.5) is 11.4 Å². The molecule has 0 radical (unpaired) electrons. The largest absolute Gasteiger partial charge is 0.367 e. The summed E-state index contributed by atoms with van der Waals surface area (Å²) in [6.07, 6.45) is 3.18. The first-order chi connectivity index (χ1) is 13.5. The van der Waals surface area contributed by atoms with Crippen LogP contribution in [0.2, 0.25) is 0 Å². The number of nitrogens with one attached hydrogen (secondary N) is 1. The molecule has 1 aromatic carbocycles. The van der Waals surface area contributed by atoms with Crippen LogP contribution in [0.1, 0.15) is 10.4 Å². The average Bonchev–Trinajstić information content (AvgIpc) is 2.92. The number of anilines is 2. The van der Waals surface area contributed by atoms with Gasteiger partial charge in [0, 0.05) is 52.7 Å². The number of imidazole rings is 1. The highest BCUT2D eigenvalue weighted by Crippen LogP contribution is 2.32. The fourth-order valence-electron chi connectivity index (χ4n) is 3.63. The molecule has 3 aromatic rings. The van der Waals surface area contributed by atoms with Crippen molar-refractivity contribution in [3.8, 4) is 0 Å². The average molecular weight is 380 g/mol. The summed E-state index contributed by atoms with van der Waals surface area (Å²) >= 11 is 0. The second-order valence-electron chi connectivity index (χ2n) is 7.24. The Morgan fingerprint density at radius 3 is 2.36 bits per heavy atom. The molecule has 28 heavy (non-hydrogen) atoms. The Labute approximate surface area is 163 Å². The summed E-state index contributed by atoms with van der Waals surface area (Å²) in [5.41, 5.74) is 3.67. The summed E-state index contributed by atoms with van der Waals surface area (Å²) in [7, 11) is 5.62. The molecule has 1 saturated heterocycles. The lowest BCUT2D eigenvalue weighted by molar-refractivity contribution is 0.102. The fourth-order valence-corrected chi connectivity index (χ4v) is 3.63. The molecular formula is C20H24N6O2. The van der Waals surface area contributed by atoms with E-state index in [0.717, 1.165) is 42.9 Å². The zero-order chi connectivity index (χ0) is 19.8. The number of carbonyl (C=O) groups is 1. The van der Waals surface area contributed by atoms with Crippen molar-refractivity contribution in [2.45, 2.75) is 0 Å². The van der Waals surface area contributed by atoms with Crippen molar-refractivity contribution in [1.29, 1.82) is 0 Å². The first-order valence-electron chi connectivity index (χ1n) is 9.30. The minimum Gasteiger partial charge on any atom is -0.367 e. The van der Waals surface area contributed by atoms with E-state index < -0.39 is 0 Å².